The van der Waals surface area contributed by atoms with Crippen LogP contribution in [0.15, 0.2) is 24.4 Å². The van der Waals surface area contributed by atoms with E-state index in [2.05, 4.69) is 29.4 Å². The molecule has 0 spiro atoms. The van der Waals surface area contributed by atoms with E-state index >= 15 is 0 Å². The van der Waals surface area contributed by atoms with Crippen molar-refractivity contribution in [2.75, 3.05) is 19.8 Å². The third-order valence-corrected chi connectivity index (χ3v) is 8.50. The van der Waals surface area contributed by atoms with Crippen LogP contribution in [0, 0.1) is 12.8 Å². The first-order chi connectivity index (χ1) is 19.4. The lowest BCUT2D eigenvalue weighted by molar-refractivity contribution is -0.154. The summed E-state index contributed by atoms with van der Waals surface area (Å²) in [6.07, 6.45) is 9.36. The number of hydrogen-bond acceptors (Lipinski definition) is 7. The van der Waals surface area contributed by atoms with E-state index in [4.69, 9.17) is 14.2 Å². The fraction of sp³-hybridized carbons (Fsp3) is 0.613. The molecule has 1 saturated carbocycles. The number of nitrogens with zero attached hydrogens (tertiary/aromatic N) is 2. The summed E-state index contributed by atoms with van der Waals surface area (Å²) in [7, 11) is 0. The Bertz CT molecular complexity index is 1230. The standard InChI is InChI=1S/C31H41N3O6/c1-3-38-30(36)26-18-23-19-34(26)29(35)27(22-11-7-4-8-12-22)33-31(37)39-15-9-5-6-10-21-16-20(2)24-13-14-32-28(40-23)25(24)17-21/h13-14,16-17,22-23,26-27H,3-12,15,18-19H2,1-2H3,(H,33,37)/t23-,26+,27+/m1/s1. The zero-order valence-corrected chi connectivity index (χ0v) is 23.7. The van der Waals surface area contributed by atoms with Crippen LogP contribution in [0.25, 0.3) is 10.8 Å². The molecule has 2 amide bonds. The minimum atomic E-state index is -0.796. The van der Waals surface area contributed by atoms with E-state index in [0.29, 0.717) is 18.9 Å². The van der Waals surface area contributed by atoms with Crippen LogP contribution in [0.3, 0.4) is 0 Å². The van der Waals surface area contributed by atoms with Gasteiger partial charge in [-0.3, -0.25) is 4.79 Å². The predicted molar refractivity (Wildman–Crippen MR) is 150 cm³/mol. The number of esters is 1. The van der Waals surface area contributed by atoms with Gasteiger partial charge < -0.3 is 24.4 Å². The molecule has 0 radical (unpaired) electrons. The van der Waals surface area contributed by atoms with E-state index in [-0.39, 0.29) is 25.0 Å². The van der Waals surface area contributed by atoms with Crippen LogP contribution in [-0.2, 0) is 25.5 Å². The van der Waals surface area contributed by atoms with Crippen LogP contribution in [0.5, 0.6) is 5.88 Å². The Labute approximate surface area is 235 Å². The van der Waals surface area contributed by atoms with Gasteiger partial charge in [-0.05, 0) is 86.9 Å². The molecule has 1 aromatic carbocycles. The molecular weight excluding hydrogens is 510 g/mol. The number of carbonyl (C=O) groups is 3. The Balaban J connectivity index is 1.49. The van der Waals surface area contributed by atoms with Crippen LogP contribution in [0.1, 0.15) is 75.8 Å². The van der Waals surface area contributed by atoms with Gasteiger partial charge in [-0.1, -0.05) is 25.3 Å². The molecule has 2 aliphatic heterocycles. The molecule has 2 aromatic rings. The van der Waals surface area contributed by atoms with Crippen molar-refractivity contribution in [1.29, 1.82) is 0 Å². The summed E-state index contributed by atoms with van der Waals surface area (Å²) < 4.78 is 17.3. The molecule has 1 saturated heterocycles. The highest BCUT2D eigenvalue weighted by atomic mass is 16.5. The van der Waals surface area contributed by atoms with Gasteiger partial charge in [0.15, 0.2) is 0 Å². The minimum absolute atomic E-state index is 0.0108. The van der Waals surface area contributed by atoms with Gasteiger partial charge in [0, 0.05) is 18.0 Å². The number of benzene rings is 1. The summed E-state index contributed by atoms with van der Waals surface area (Å²) in [5, 5.41) is 4.90. The predicted octanol–water partition coefficient (Wildman–Crippen LogP) is 4.86. The molecule has 4 bridgehead atoms. The fourth-order valence-corrected chi connectivity index (χ4v) is 6.47. The average molecular weight is 552 g/mol. The highest BCUT2D eigenvalue weighted by molar-refractivity contribution is 5.91. The summed E-state index contributed by atoms with van der Waals surface area (Å²) in [5.41, 5.74) is 2.35. The smallest absolute Gasteiger partial charge is 0.407 e. The number of amides is 2. The second-order valence-electron chi connectivity index (χ2n) is 11.3. The van der Waals surface area contributed by atoms with Crippen molar-refractivity contribution < 1.29 is 28.6 Å². The Morgan fingerprint density at radius 2 is 1.90 bits per heavy atom. The van der Waals surface area contributed by atoms with Gasteiger partial charge in [0.1, 0.15) is 18.2 Å². The maximum absolute atomic E-state index is 14.1. The zero-order chi connectivity index (χ0) is 28.1. The fourth-order valence-electron chi connectivity index (χ4n) is 6.47. The van der Waals surface area contributed by atoms with Crippen molar-refractivity contribution in [2.45, 2.75) is 96.2 Å². The van der Waals surface area contributed by atoms with Gasteiger partial charge >= 0.3 is 12.1 Å². The zero-order valence-electron chi connectivity index (χ0n) is 23.7. The van der Waals surface area contributed by atoms with Gasteiger partial charge in [0.05, 0.1) is 19.8 Å². The Hall–Kier alpha value is -3.36. The van der Waals surface area contributed by atoms with Crippen molar-refractivity contribution >= 4 is 28.7 Å². The molecule has 216 valence electrons. The number of alkyl carbamates (subject to hydrolysis) is 1. The summed E-state index contributed by atoms with van der Waals surface area (Å²) in [5.74, 6) is -0.237. The second kappa shape index (κ2) is 12.9. The summed E-state index contributed by atoms with van der Waals surface area (Å²) in [4.78, 5) is 46.1. The molecule has 1 N–H and O–H groups in total. The Kier molecular flexibility index (Phi) is 9.07. The molecule has 3 heterocycles. The molecule has 9 heteroatoms. The maximum Gasteiger partial charge on any atom is 0.407 e. The van der Waals surface area contributed by atoms with E-state index in [0.717, 1.165) is 74.1 Å². The number of fused-ring (bicyclic) bond motifs is 3. The van der Waals surface area contributed by atoms with Crippen molar-refractivity contribution in [1.82, 2.24) is 15.2 Å². The second-order valence-corrected chi connectivity index (χ2v) is 11.3. The van der Waals surface area contributed by atoms with Crippen LogP contribution in [-0.4, -0.2) is 65.8 Å². The highest BCUT2D eigenvalue weighted by Crippen LogP contribution is 2.33. The summed E-state index contributed by atoms with van der Waals surface area (Å²) >= 11 is 0. The van der Waals surface area contributed by atoms with Gasteiger partial charge in [-0.25, -0.2) is 14.6 Å². The average Bonchev–Trinajstić information content (AvgIpc) is 3.38. The number of ether oxygens (including phenoxy) is 3. The number of aryl methyl sites for hydroxylation is 2. The lowest BCUT2D eigenvalue weighted by atomic mass is 9.83. The number of nitrogens with one attached hydrogen (secondary N) is 1. The summed E-state index contributed by atoms with van der Waals surface area (Å²) in [6.45, 7) is 4.56. The lowest BCUT2D eigenvalue weighted by Gasteiger charge is -2.34. The molecule has 0 unspecified atom stereocenters. The third kappa shape index (κ3) is 6.34. The van der Waals surface area contributed by atoms with E-state index < -0.39 is 30.3 Å². The highest BCUT2D eigenvalue weighted by Gasteiger charge is 2.46. The van der Waals surface area contributed by atoms with Crippen LogP contribution in [0.4, 0.5) is 4.79 Å². The first kappa shape index (κ1) is 28.2. The molecule has 5 rings (SSSR count). The molecule has 9 nitrogen and oxygen atoms in total. The van der Waals surface area contributed by atoms with E-state index in [1.54, 1.807) is 18.0 Å². The topological polar surface area (TPSA) is 107 Å². The molecule has 3 aliphatic rings. The minimum Gasteiger partial charge on any atom is -0.472 e. The molecular formula is C31H41N3O6. The number of cyclic esters (lactones) is 1. The lowest BCUT2D eigenvalue weighted by Crippen LogP contribution is -2.55. The van der Waals surface area contributed by atoms with E-state index in [9.17, 15) is 14.4 Å². The number of carbonyl (C=O) groups excluding carboxylic acids is 3. The molecule has 1 aromatic heterocycles. The largest absolute Gasteiger partial charge is 0.472 e. The number of pyridine rings is 1. The maximum atomic E-state index is 14.1. The monoisotopic (exact) mass is 551 g/mol. The van der Waals surface area contributed by atoms with Gasteiger partial charge in [-0.2, -0.15) is 0 Å². The first-order valence-electron chi connectivity index (χ1n) is 14.9. The van der Waals surface area contributed by atoms with Crippen LogP contribution >= 0.6 is 0 Å². The van der Waals surface area contributed by atoms with Crippen LogP contribution in [0.2, 0.25) is 0 Å². The summed E-state index contributed by atoms with van der Waals surface area (Å²) in [6, 6.07) is 4.77. The van der Waals surface area contributed by atoms with Gasteiger partial charge in [0.25, 0.3) is 0 Å². The van der Waals surface area contributed by atoms with E-state index in [1.165, 1.54) is 5.56 Å². The van der Waals surface area contributed by atoms with Crippen molar-refractivity contribution in [3.63, 3.8) is 0 Å². The Morgan fingerprint density at radius 3 is 2.70 bits per heavy atom. The SMILES string of the molecule is CCOC(=O)[C@@H]1C[C@@H]2CN1C(=O)[C@H](C1CCCCC1)NC(=O)OCCCCCc1cc(C)c3ccnc(c3c1)O2. The van der Waals surface area contributed by atoms with Gasteiger partial charge in [-0.15, -0.1) is 0 Å². The number of rotatable bonds is 3. The normalized spacial score (nSPS) is 25.1. The van der Waals surface area contributed by atoms with Crippen molar-refractivity contribution in [3.05, 3.63) is 35.5 Å². The number of hydrogen-bond donors (Lipinski definition) is 1. The van der Waals surface area contributed by atoms with Gasteiger partial charge in [0.2, 0.25) is 11.8 Å². The third-order valence-electron chi connectivity index (χ3n) is 8.50. The van der Waals surface area contributed by atoms with E-state index in [1.807, 2.05) is 6.07 Å². The molecule has 1 aliphatic carbocycles. The quantitative estimate of drug-likeness (QED) is 0.543. The van der Waals surface area contributed by atoms with Crippen molar-refractivity contribution in [3.8, 4) is 5.88 Å². The Morgan fingerprint density at radius 1 is 1.10 bits per heavy atom. The molecule has 40 heavy (non-hydrogen) atoms. The molecule has 2 fully saturated rings. The number of aromatic nitrogens is 1. The van der Waals surface area contributed by atoms with Crippen molar-refractivity contribution in [2.24, 2.45) is 5.92 Å². The first-order valence-corrected chi connectivity index (χ1v) is 14.9. The van der Waals surface area contributed by atoms with Crippen LogP contribution < -0.4 is 10.1 Å². The molecule has 3 atom stereocenters.